The van der Waals surface area contributed by atoms with Crippen LogP contribution >= 0.6 is 0 Å². The summed E-state index contributed by atoms with van der Waals surface area (Å²) in [5.41, 5.74) is -2.67. The third-order valence-electron chi connectivity index (χ3n) is 7.13. The van der Waals surface area contributed by atoms with Crippen molar-refractivity contribution in [2.24, 2.45) is 5.92 Å². The van der Waals surface area contributed by atoms with E-state index in [1.165, 1.54) is 19.2 Å². The summed E-state index contributed by atoms with van der Waals surface area (Å²) in [5.74, 6) is -1.86. The second-order valence-electron chi connectivity index (χ2n) is 11.0. The molecule has 0 radical (unpaired) electrons. The summed E-state index contributed by atoms with van der Waals surface area (Å²) in [6.45, 7) is 6.16. The Morgan fingerprint density at radius 3 is 2.13 bits per heavy atom. The Labute approximate surface area is 223 Å². The zero-order chi connectivity index (χ0) is 29.3. The zero-order valence-corrected chi connectivity index (χ0v) is 22.3. The van der Waals surface area contributed by atoms with Crippen LogP contribution in [-0.4, -0.2) is 53.1 Å². The van der Waals surface area contributed by atoms with Crippen LogP contribution in [0.3, 0.4) is 0 Å². The highest BCUT2D eigenvalue weighted by molar-refractivity contribution is 5.80. The highest BCUT2D eigenvalue weighted by Crippen LogP contribution is 2.38. The molecule has 0 unspecified atom stereocenters. The van der Waals surface area contributed by atoms with Gasteiger partial charge < -0.3 is 14.9 Å². The molecule has 0 aromatic heterocycles. The van der Waals surface area contributed by atoms with Crippen molar-refractivity contribution < 1.29 is 40.6 Å². The van der Waals surface area contributed by atoms with E-state index in [0.717, 1.165) is 10.5 Å². The zero-order valence-electron chi connectivity index (χ0n) is 22.3. The van der Waals surface area contributed by atoms with Crippen LogP contribution in [-0.2, 0) is 23.7 Å². The van der Waals surface area contributed by atoms with E-state index in [2.05, 4.69) is 4.90 Å². The molecule has 0 bridgehead atoms. The summed E-state index contributed by atoms with van der Waals surface area (Å²) in [6, 6.07) is 5.57. The largest absolute Gasteiger partial charge is 0.416 e. The summed E-state index contributed by atoms with van der Waals surface area (Å²) in [4.78, 5) is 16.8. The van der Waals surface area contributed by atoms with Gasteiger partial charge in [0.05, 0.1) is 16.7 Å². The lowest BCUT2D eigenvalue weighted by atomic mass is 9.78. The molecule has 1 aliphatic rings. The number of benzene rings is 2. The van der Waals surface area contributed by atoms with Gasteiger partial charge in [-0.3, -0.25) is 4.79 Å². The fraction of sp³-hybridized carbons (Fsp3) is 0.536. The number of aliphatic hydroxyl groups is 1. The maximum absolute atomic E-state index is 13.8. The lowest BCUT2D eigenvalue weighted by Gasteiger charge is -2.40. The van der Waals surface area contributed by atoms with Gasteiger partial charge in [0.1, 0.15) is 5.82 Å². The maximum atomic E-state index is 13.8. The van der Waals surface area contributed by atoms with Crippen LogP contribution < -0.4 is 0 Å². The van der Waals surface area contributed by atoms with E-state index in [0.29, 0.717) is 50.2 Å². The summed E-state index contributed by atoms with van der Waals surface area (Å²) in [6.07, 6.45) is -9.11. The third-order valence-corrected chi connectivity index (χ3v) is 7.13. The van der Waals surface area contributed by atoms with E-state index in [4.69, 9.17) is 0 Å². The Morgan fingerprint density at radius 2 is 1.62 bits per heavy atom. The van der Waals surface area contributed by atoms with E-state index < -0.39 is 53.3 Å². The number of aryl methyl sites for hydroxylation is 1. The van der Waals surface area contributed by atoms with Gasteiger partial charge in [-0.2, -0.15) is 26.3 Å². The van der Waals surface area contributed by atoms with Gasteiger partial charge in [0.2, 0.25) is 5.91 Å². The minimum absolute atomic E-state index is 0.0576. The first kappa shape index (κ1) is 30.9. The molecule has 39 heavy (non-hydrogen) atoms. The smallest absolute Gasteiger partial charge is 0.390 e. The molecule has 0 saturated carbocycles. The Bertz CT molecular complexity index is 1140. The van der Waals surface area contributed by atoms with Gasteiger partial charge in [0.15, 0.2) is 0 Å². The van der Waals surface area contributed by atoms with Crippen LogP contribution in [0.15, 0.2) is 36.4 Å². The molecular weight excluding hydrogens is 529 g/mol. The normalized spacial score (nSPS) is 19.3. The van der Waals surface area contributed by atoms with Crippen molar-refractivity contribution >= 4 is 5.91 Å². The van der Waals surface area contributed by atoms with E-state index in [-0.39, 0.29) is 17.5 Å². The minimum atomic E-state index is -4.99. The fourth-order valence-corrected chi connectivity index (χ4v) is 5.07. The van der Waals surface area contributed by atoms with E-state index in [1.54, 1.807) is 26.8 Å². The molecule has 216 valence electrons. The summed E-state index contributed by atoms with van der Waals surface area (Å²) in [7, 11) is 1.35. The average molecular weight is 563 g/mol. The van der Waals surface area contributed by atoms with Gasteiger partial charge in [0, 0.05) is 38.5 Å². The molecule has 1 saturated heterocycles. The quantitative estimate of drug-likeness (QED) is 0.398. The number of likely N-dealkylation sites (tertiary alicyclic amines) is 1. The molecule has 1 amide bonds. The Kier molecular flexibility index (Phi) is 9.06. The predicted molar refractivity (Wildman–Crippen MR) is 132 cm³/mol. The van der Waals surface area contributed by atoms with Crippen molar-refractivity contribution in [1.82, 2.24) is 9.80 Å². The van der Waals surface area contributed by atoms with Crippen molar-refractivity contribution in [3.05, 3.63) is 70.0 Å². The highest BCUT2D eigenvalue weighted by Gasteiger charge is 2.39. The Balaban J connectivity index is 1.89. The molecule has 2 aromatic rings. The third kappa shape index (κ3) is 8.17. The van der Waals surface area contributed by atoms with Gasteiger partial charge in [-0.15, -0.1) is 0 Å². The number of hydrogen-bond donors (Lipinski definition) is 1. The number of amides is 1. The maximum Gasteiger partial charge on any atom is 0.416 e. The molecule has 11 heteroatoms. The van der Waals surface area contributed by atoms with E-state index in [9.17, 15) is 40.6 Å². The number of carbonyl (C=O) groups is 1. The van der Waals surface area contributed by atoms with Crippen molar-refractivity contribution in [2.45, 2.75) is 64.0 Å². The molecular formula is C28H33F7N2O2. The van der Waals surface area contributed by atoms with Gasteiger partial charge in [-0.25, -0.2) is 4.39 Å². The van der Waals surface area contributed by atoms with Crippen LogP contribution in [0.1, 0.15) is 60.4 Å². The highest BCUT2D eigenvalue weighted by atomic mass is 19.4. The summed E-state index contributed by atoms with van der Waals surface area (Å²) >= 11 is 0. The molecule has 2 atom stereocenters. The molecule has 1 aliphatic heterocycles. The van der Waals surface area contributed by atoms with Gasteiger partial charge >= 0.3 is 12.4 Å². The Morgan fingerprint density at radius 1 is 1.03 bits per heavy atom. The van der Waals surface area contributed by atoms with Crippen molar-refractivity contribution in [1.29, 1.82) is 0 Å². The lowest BCUT2D eigenvalue weighted by Crippen LogP contribution is -2.46. The first-order valence-corrected chi connectivity index (χ1v) is 12.6. The van der Waals surface area contributed by atoms with Crippen LogP contribution in [0.2, 0.25) is 0 Å². The molecule has 2 aromatic carbocycles. The van der Waals surface area contributed by atoms with Gasteiger partial charge in [-0.1, -0.05) is 6.07 Å². The van der Waals surface area contributed by atoms with Crippen LogP contribution in [0.25, 0.3) is 0 Å². The topological polar surface area (TPSA) is 43.8 Å². The Hall–Kier alpha value is -2.66. The van der Waals surface area contributed by atoms with Gasteiger partial charge in [-0.05, 0) is 87.2 Å². The molecule has 0 spiro atoms. The second-order valence-corrected chi connectivity index (χ2v) is 11.0. The minimum Gasteiger partial charge on any atom is -0.390 e. The van der Waals surface area contributed by atoms with Crippen molar-refractivity contribution in [3.63, 3.8) is 0 Å². The fourth-order valence-electron chi connectivity index (χ4n) is 5.07. The number of halogens is 7. The number of hydrogen-bond acceptors (Lipinski definition) is 3. The van der Waals surface area contributed by atoms with Gasteiger partial charge in [0.25, 0.3) is 0 Å². The number of rotatable bonds is 7. The van der Waals surface area contributed by atoms with E-state index in [1.807, 2.05) is 0 Å². The molecule has 4 nitrogen and oxygen atoms in total. The standard InChI is InChI=1S/C28H33F7N2O2/c1-17-11-21(29)5-6-22(17)24-16-37(10-8-26(2,3)39)9-7-23(24)25(38)36(4)15-18-12-19(27(30,31)32)14-20(13-18)28(33,34)35/h5-6,11-14,23-24,39H,7-10,15-16H2,1-4H3/t23-,24+/m1/s1. The number of carbonyl (C=O) groups excluding carboxylic acids is 1. The van der Waals surface area contributed by atoms with Crippen LogP contribution in [0, 0.1) is 18.7 Å². The molecule has 1 fully saturated rings. The average Bonchev–Trinajstić information content (AvgIpc) is 2.80. The molecule has 1 N–H and O–H groups in total. The number of alkyl halides is 6. The number of nitrogens with zero attached hydrogens (tertiary/aromatic N) is 2. The lowest BCUT2D eigenvalue weighted by molar-refractivity contribution is -0.143. The van der Waals surface area contributed by atoms with E-state index >= 15 is 0 Å². The number of piperidine rings is 1. The molecule has 3 rings (SSSR count). The second kappa shape index (κ2) is 11.4. The van der Waals surface area contributed by atoms with Crippen LogP contribution in [0.5, 0.6) is 0 Å². The first-order chi connectivity index (χ1) is 17.8. The molecule has 1 heterocycles. The van der Waals surface area contributed by atoms with Crippen LogP contribution in [0.4, 0.5) is 30.7 Å². The van der Waals surface area contributed by atoms with Crippen molar-refractivity contribution in [2.75, 3.05) is 26.7 Å². The summed E-state index contributed by atoms with van der Waals surface area (Å²) in [5, 5.41) is 10.1. The summed E-state index contributed by atoms with van der Waals surface area (Å²) < 4.78 is 93.7. The van der Waals surface area contributed by atoms with Crippen molar-refractivity contribution in [3.8, 4) is 0 Å². The monoisotopic (exact) mass is 562 g/mol. The SMILES string of the molecule is Cc1cc(F)ccc1[C@@H]1CN(CCC(C)(C)O)CC[C@H]1C(=O)N(C)Cc1cc(C(F)(F)F)cc(C(F)(F)F)c1. The molecule has 0 aliphatic carbocycles. The predicted octanol–water partition coefficient (Wildman–Crippen LogP) is 6.40. The first-order valence-electron chi connectivity index (χ1n) is 12.6.